The Morgan fingerprint density at radius 2 is 1.62 bits per heavy atom. The maximum absolute atomic E-state index is 12.3. The predicted octanol–water partition coefficient (Wildman–Crippen LogP) is 0.798. The number of aliphatic hydroxyl groups is 1. The molecule has 0 saturated heterocycles. The van der Waals surface area contributed by atoms with E-state index in [1.807, 2.05) is 30.3 Å². The van der Waals surface area contributed by atoms with Gasteiger partial charge in [0, 0.05) is 0 Å². The highest BCUT2D eigenvalue weighted by molar-refractivity contribution is 7.89. The molecular weight excluding hydrogens is 332 g/mol. The lowest BCUT2D eigenvalue weighted by atomic mass is 10.1. The first-order valence-electron chi connectivity index (χ1n) is 7.11. The molecule has 2 unspecified atom stereocenters. The van der Waals surface area contributed by atoms with Gasteiger partial charge in [0.15, 0.2) is 0 Å². The molecule has 128 valence electrons. The molecule has 2 aromatic carbocycles. The summed E-state index contributed by atoms with van der Waals surface area (Å²) in [4.78, 5) is 15.4. The van der Waals surface area contributed by atoms with E-state index in [2.05, 4.69) is 9.56 Å². The Balaban J connectivity index is 2.25. The average molecular weight is 350 g/mol. The Kier molecular flexibility index (Phi) is 5.68. The van der Waals surface area contributed by atoms with E-state index in [4.69, 9.17) is 5.90 Å². The quantitative estimate of drug-likeness (QED) is 0.663. The summed E-state index contributed by atoms with van der Waals surface area (Å²) >= 11 is 0. The van der Waals surface area contributed by atoms with Gasteiger partial charge in [0.2, 0.25) is 10.0 Å². The van der Waals surface area contributed by atoms with Crippen LogP contribution < -0.4 is 10.6 Å². The van der Waals surface area contributed by atoms with Crippen LogP contribution in [-0.4, -0.2) is 31.6 Å². The number of carbonyl (C=O) groups excluding carboxylic acids is 1. The van der Waals surface area contributed by atoms with Crippen LogP contribution in [0, 0.1) is 0 Å². The summed E-state index contributed by atoms with van der Waals surface area (Å²) in [5.41, 5.74) is 1.80. The van der Waals surface area contributed by atoms with Crippen LogP contribution in [0.2, 0.25) is 0 Å². The van der Waals surface area contributed by atoms with Crippen molar-refractivity contribution in [2.75, 3.05) is 0 Å². The standard InChI is InChI=1S/C16H18N2O5S/c1-11(19)15(16(20)23-17)18-24(21,22)14-9-7-13(8-10-14)12-5-3-2-4-6-12/h2-11,15,18-19H,17H2,1H3. The normalized spacial score (nSPS) is 14.0. The van der Waals surface area contributed by atoms with Crippen LogP contribution in [0.4, 0.5) is 0 Å². The van der Waals surface area contributed by atoms with Crippen molar-refractivity contribution in [3.63, 3.8) is 0 Å². The highest BCUT2D eigenvalue weighted by Crippen LogP contribution is 2.21. The van der Waals surface area contributed by atoms with Gasteiger partial charge >= 0.3 is 5.97 Å². The maximum Gasteiger partial charge on any atom is 0.345 e. The first-order chi connectivity index (χ1) is 11.3. The fraction of sp³-hybridized carbons (Fsp3) is 0.188. The van der Waals surface area contributed by atoms with Crippen LogP contribution in [0.1, 0.15) is 6.92 Å². The molecule has 8 heteroatoms. The summed E-state index contributed by atoms with van der Waals surface area (Å²) in [6.45, 7) is 1.25. The van der Waals surface area contributed by atoms with E-state index in [0.717, 1.165) is 11.1 Å². The van der Waals surface area contributed by atoms with Gasteiger partial charge in [0.25, 0.3) is 0 Å². The summed E-state index contributed by atoms with van der Waals surface area (Å²) in [7, 11) is -4.02. The first-order valence-corrected chi connectivity index (χ1v) is 8.60. The second kappa shape index (κ2) is 7.54. The zero-order valence-electron chi connectivity index (χ0n) is 12.9. The third-order valence-corrected chi connectivity index (χ3v) is 4.86. The van der Waals surface area contributed by atoms with Gasteiger partial charge in [-0.05, 0) is 30.2 Å². The van der Waals surface area contributed by atoms with Gasteiger partial charge in [-0.2, -0.15) is 10.6 Å². The molecule has 0 fully saturated rings. The highest BCUT2D eigenvalue weighted by atomic mass is 32.2. The van der Waals surface area contributed by atoms with E-state index in [-0.39, 0.29) is 4.90 Å². The van der Waals surface area contributed by atoms with Crippen molar-refractivity contribution in [2.24, 2.45) is 5.90 Å². The molecule has 2 atom stereocenters. The lowest BCUT2D eigenvalue weighted by Gasteiger charge is -2.18. The Morgan fingerprint density at radius 1 is 1.08 bits per heavy atom. The fourth-order valence-corrected chi connectivity index (χ4v) is 3.37. The number of rotatable bonds is 6. The third-order valence-electron chi connectivity index (χ3n) is 3.41. The number of benzene rings is 2. The van der Waals surface area contributed by atoms with E-state index in [0.29, 0.717) is 0 Å². The van der Waals surface area contributed by atoms with Crippen LogP contribution in [0.5, 0.6) is 0 Å². The van der Waals surface area contributed by atoms with Gasteiger partial charge in [-0.3, -0.25) is 0 Å². The number of aliphatic hydroxyl groups excluding tert-OH is 1. The van der Waals surface area contributed by atoms with E-state index in [9.17, 15) is 18.3 Å². The molecule has 0 spiro atoms. The maximum atomic E-state index is 12.3. The van der Waals surface area contributed by atoms with Gasteiger partial charge in [0.1, 0.15) is 6.04 Å². The average Bonchev–Trinajstić information content (AvgIpc) is 2.59. The van der Waals surface area contributed by atoms with Gasteiger partial charge in [0.05, 0.1) is 11.0 Å². The van der Waals surface area contributed by atoms with E-state index < -0.39 is 28.1 Å². The second-order valence-electron chi connectivity index (χ2n) is 5.17. The third kappa shape index (κ3) is 4.18. The summed E-state index contributed by atoms with van der Waals surface area (Å²) in [6.07, 6.45) is -1.31. The minimum absolute atomic E-state index is 0.0438. The van der Waals surface area contributed by atoms with Crippen molar-refractivity contribution in [1.82, 2.24) is 4.72 Å². The number of nitrogens with one attached hydrogen (secondary N) is 1. The number of hydrogen-bond acceptors (Lipinski definition) is 6. The molecule has 2 aromatic rings. The van der Waals surface area contributed by atoms with Crippen LogP contribution in [0.15, 0.2) is 59.5 Å². The van der Waals surface area contributed by atoms with Gasteiger partial charge in [-0.1, -0.05) is 42.5 Å². The van der Waals surface area contributed by atoms with Crippen molar-refractivity contribution < 1.29 is 23.2 Å². The molecule has 0 aromatic heterocycles. The summed E-state index contributed by atoms with van der Waals surface area (Å²) < 4.78 is 26.8. The monoisotopic (exact) mass is 350 g/mol. The number of carbonyl (C=O) groups is 1. The molecule has 0 heterocycles. The largest absolute Gasteiger partial charge is 0.391 e. The summed E-state index contributed by atoms with van der Waals surface area (Å²) in [6, 6.07) is 14.1. The number of nitrogens with two attached hydrogens (primary N) is 1. The second-order valence-corrected chi connectivity index (χ2v) is 6.88. The zero-order valence-corrected chi connectivity index (χ0v) is 13.7. The van der Waals surface area contributed by atoms with Crippen molar-refractivity contribution in [1.29, 1.82) is 0 Å². The molecule has 0 radical (unpaired) electrons. The predicted molar refractivity (Wildman–Crippen MR) is 87.9 cm³/mol. The lowest BCUT2D eigenvalue weighted by molar-refractivity contribution is -0.148. The number of hydrogen-bond donors (Lipinski definition) is 3. The minimum Gasteiger partial charge on any atom is -0.391 e. The molecule has 4 N–H and O–H groups in total. The lowest BCUT2D eigenvalue weighted by Crippen LogP contribution is -2.49. The van der Waals surface area contributed by atoms with Crippen LogP contribution in [-0.2, 0) is 19.7 Å². The van der Waals surface area contributed by atoms with E-state index >= 15 is 0 Å². The van der Waals surface area contributed by atoms with Crippen molar-refractivity contribution >= 4 is 16.0 Å². The van der Waals surface area contributed by atoms with Crippen LogP contribution >= 0.6 is 0 Å². The SMILES string of the molecule is CC(O)C(NS(=O)(=O)c1ccc(-c2ccccc2)cc1)C(=O)ON. The molecule has 0 saturated carbocycles. The topological polar surface area (TPSA) is 119 Å². The van der Waals surface area contributed by atoms with E-state index in [1.165, 1.54) is 19.1 Å². The Labute approximate surface area is 140 Å². The molecule has 0 amide bonds. The zero-order chi connectivity index (χ0) is 17.7. The minimum atomic E-state index is -4.02. The van der Waals surface area contributed by atoms with Crippen molar-refractivity contribution in [2.45, 2.75) is 24.0 Å². The highest BCUT2D eigenvalue weighted by Gasteiger charge is 2.30. The van der Waals surface area contributed by atoms with Crippen molar-refractivity contribution in [3.8, 4) is 11.1 Å². The Hall–Kier alpha value is -2.26. The van der Waals surface area contributed by atoms with Gasteiger partial charge < -0.3 is 9.94 Å². The van der Waals surface area contributed by atoms with Crippen molar-refractivity contribution in [3.05, 3.63) is 54.6 Å². The molecule has 0 aliphatic carbocycles. The summed E-state index contributed by atoms with van der Waals surface area (Å²) in [5, 5.41) is 9.53. The van der Waals surface area contributed by atoms with Crippen LogP contribution in [0.25, 0.3) is 11.1 Å². The van der Waals surface area contributed by atoms with E-state index in [1.54, 1.807) is 12.1 Å². The number of sulfonamides is 1. The van der Waals surface area contributed by atoms with Gasteiger partial charge in [-0.15, -0.1) is 0 Å². The first kappa shape index (κ1) is 18.1. The molecule has 7 nitrogen and oxygen atoms in total. The smallest absolute Gasteiger partial charge is 0.345 e. The van der Waals surface area contributed by atoms with Crippen LogP contribution in [0.3, 0.4) is 0 Å². The molecule has 24 heavy (non-hydrogen) atoms. The Bertz CT molecular complexity index is 789. The fourth-order valence-electron chi connectivity index (χ4n) is 2.11. The molecule has 2 rings (SSSR count). The molecule has 0 aliphatic heterocycles. The molecule has 0 bridgehead atoms. The molecule has 0 aliphatic rings. The molecular formula is C16H18N2O5S. The summed E-state index contributed by atoms with van der Waals surface area (Å²) in [5.74, 6) is 3.68. The van der Waals surface area contributed by atoms with Gasteiger partial charge in [-0.25, -0.2) is 13.2 Å². The Morgan fingerprint density at radius 3 is 2.12 bits per heavy atom.